The van der Waals surface area contributed by atoms with E-state index in [9.17, 15) is 4.79 Å². The highest BCUT2D eigenvalue weighted by Crippen LogP contribution is 2.29. The summed E-state index contributed by atoms with van der Waals surface area (Å²) >= 11 is 0. The molecule has 0 N–H and O–H groups in total. The molecule has 2 rings (SSSR count). The second-order valence-electron chi connectivity index (χ2n) is 5.16. The van der Waals surface area contributed by atoms with Crippen LogP contribution >= 0.6 is 0 Å². The first-order chi connectivity index (χ1) is 11.6. The van der Waals surface area contributed by atoms with Crippen molar-refractivity contribution in [1.82, 2.24) is 0 Å². The summed E-state index contributed by atoms with van der Waals surface area (Å²) in [6, 6.07) is 11.2. The number of hydrogen-bond donors (Lipinski definition) is 0. The molecular weight excluding hydrogens is 304 g/mol. The van der Waals surface area contributed by atoms with Crippen molar-refractivity contribution in [2.24, 2.45) is 0 Å². The molecule has 0 fully saturated rings. The van der Waals surface area contributed by atoms with Gasteiger partial charge in [0.2, 0.25) is 0 Å². The van der Waals surface area contributed by atoms with Crippen LogP contribution in [0.2, 0.25) is 0 Å². The van der Waals surface area contributed by atoms with E-state index in [2.05, 4.69) is 6.92 Å². The Kier molecular flexibility index (Phi) is 6.01. The summed E-state index contributed by atoms with van der Waals surface area (Å²) in [5.41, 5.74) is 2.45. The molecule has 0 amide bonds. The Balaban J connectivity index is 2.38. The lowest BCUT2D eigenvalue weighted by molar-refractivity contribution is 0.104. The van der Waals surface area contributed by atoms with Crippen LogP contribution < -0.4 is 14.2 Å². The topological polar surface area (TPSA) is 44.8 Å². The molecule has 24 heavy (non-hydrogen) atoms. The first-order valence-corrected chi connectivity index (χ1v) is 7.74. The van der Waals surface area contributed by atoms with Crippen molar-refractivity contribution in [3.8, 4) is 17.2 Å². The molecule has 0 spiro atoms. The van der Waals surface area contributed by atoms with Crippen molar-refractivity contribution in [2.45, 2.75) is 13.3 Å². The predicted octanol–water partition coefficient (Wildman–Crippen LogP) is 4.17. The van der Waals surface area contributed by atoms with Gasteiger partial charge in [-0.2, -0.15) is 0 Å². The van der Waals surface area contributed by atoms with E-state index in [-0.39, 0.29) is 5.78 Å². The lowest BCUT2D eigenvalue weighted by Crippen LogP contribution is -2.02. The van der Waals surface area contributed by atoms with Gasteiger partial charge in [0.25, 0.3) is 0 Å². The fourth-order valence-electron chi connectivity index (χ4n) is 2.48. The smallest absolute Gasteiger partial charge is 0.193 e. The third-order valence-electron chi connectivity index (χ3n) is 3.79. The van der Waals surface area contributed by atoms with Gasteiger partial charge in [0.15, 0.2) is 5.78 Å². The number of aryl methyl sites for hydroxylation is 1. The molecule has 0 aliphatic heterocycles. The van der Waals surface area contributed by atoms with Crippen LogP contribution in [0, 0.1) is 0 Å². The Morgan fingerprint density at radius 1 is 0.958 bits per heavy atom. The Bertz CT molecular complexity index is 725. The summed E-state index contributed by atoms with van der Waals surface area (Å²) in [6.45, 7) is 2.08. The third kappa shape index (κ3) is 3.77. The fraction of sp³-hybridized carbons (Fsp3) is 0.250. The van der Waals surface area contributed by atoms with Gasteiger partial charge in [-0.05, 0) is 48.4 Å². The minimum atomic E-state index is -0.187. The van der Waals surface area contributed by atoms with E-state index in [0.29, 0.717) is 17.1 Å². The largest absolute Gasteiger partial charge is 0.496 e. The standard InChI is InChI=1S/C20H22O4/c1-5-14-9-12-17(22-2)15(13-14)10-11-16(21)20-18(23-3)7-6-8-19(20)24-4/h6-13H,5H2,1-4H3. The van der Waals surface area contributed by atoms with Crippen molar-refractivity contribution in [1.29, 1.82) is 0 Å². The number of methoxy groups -OCH3 is 3. The molecule has 0 saturated heterocycles. The lowest BCUT2D eigenvalue weighted by Gasteiger charge is -2.10. The van der Waals surface area contributed by atoms with Crippen LogP contribution in [-0.4, -0.2) is 27.1 Å². The Morgan fingerprint density at radius 2 is 1.58 bits per heavy atom. The second kappa shape index (κ2) is 8.20. The molecule has 0 atom stereocenters. The minimum absolute atomic E-state index is 0.187. The summed E-state index contributed by atoms with van der Waals surface area (Å²) < 4.78 is 15.9. The summed E-state index contributed by atoms with van der Waals surface area (Å²) in [5, 5.41) is 0. The van der Waals surface area contributed by atoms with Gasteiger partial charge >= 0.3 is 0 Å². The van der Waals surface area contributed by atoms with Crippen LogP contribution in [0.25, 0.3) is 6.08 Å². The molecule has 4 nitrogen and oxygen atoms in total. The fourth-order valence-corrected chi connectivity index (χ4v) is 2.48. The lowest BCUT2D eigenvalue weighted by atomic mass is 10.0. The maximum absolute atomic E-state index is 12.6. The van der Waals surface area contributed by atoms with Crippen molar-refractivity contribution < 1.29 is 19.0 Å². The number of carbonyl (C=O) groups excluding carboxylic acids is 1. The molecule has 0 heterocycles. The van der Waals surface area contributed by atoms with Crippen LogP contribution in [0.3, 0.4) is 0 Å². The quantitative estimate of drug-likeness (QED) is 0.566. The molecule has 0 aliphatic rings. The number of rotatable bonds is 7. The summed E-state index contributed by atoms with van der Waals surface area (Å²) in [5.74, 6) is 1.51. The zero-order valence-corrected chi connectivity index (χ0v) is 14.5. The van der Waals surface area contributed by atoms with Crippen LogP contribution in [-0.2, 0) is 6.42 Å². The Morgan fingerprint density at radius 3 is 2.12 bits per heavy atom. The molecule has 0 saturated carbocycles. The summed E-state index contributed by atoms with van der Waals surface area (Å²) in [6.07, 6.45) is 4.18. The molecule has 126 valence electrons. The highest BCUT2D eigenvalue weighted by Gasteiger charge is 2.16. The molecule has 2 aromatic rings. The van der Waals surface area contributed by atoms with Crippen molar-refractivity contribution >= 4 is 11.9 Å². The molecule has 0 unspecified atom stereocenters. The summed E-state index contributed by atoms with van der Waals surface area (Å²) in [4.78, 5) is 12.6. The third-order valence-corrected chi connectivity index (χ3v) is 3.79. The van der Waals surface area contributed by atoms with E-state index in [0.717, 1.165) is 17.7 Å². The van der Waals surface area contributed by atoms with Gasteiger partial charge in [-0.3, -0.25) is 4.79 Å². The van der Waals surface area contributed by atoms with Crippen molar-refractivity contribution in [3.63, 3.8) is 0 Å². The number of hydrogen-bond acceptors (Lipinski definition) is 4. The Labute approximate surface area is 142 Å². The number of carbonyl (C=O) groups is 1. The molecule has 0 bridgehead atoms. The van der Waals surface area contributed by atoms with Crippen LogP contribution in [0.5, 0.6) is 17.2 Å². The van der Waals surface area contributed by atoms with Crippen LogP contribution in [0.15, 0.2) is 42.5 Å². The first kappa shape index (κ1) is 17.6. The van der Waals surface area contributed by atoms with Gasteiger partial charge in [-0.15, -0.1) is 0 Å². The Hall–Kier alpha value is -2.75. The van der Waals surface area contributed by atoms with Gasteiger partial charge in [0.1, 0.15) is 22.8 Å². The first-order valence-electron chi connectivity index (χ1n) is 7.74. The average molecular weight is 326 g/mol. The normalized spacial score (nSPS) is 10.7. The van der Waals surface area contributed by atoms with E-state index in [4.69, 9.17) is 14.2 Å². The SMILES string of the molecule is CCc1ccc(OC)c(C=CC(=O)c2c(OC)cccc2OC)c1. The van der Waals surface area contributed by atoms with Crippen molar-refractivity contribution in [2.75, 3.05) is 21.3 Å². The zero-order chi connectivity index (χ0) is 17.5. The maximum atomic E-state index is 12.6. The average Bonchev–Trinajstić information content (AvgIpc) is 2.64. The highest BCUT2D eigenvalue weighted by molar-refractivity contribution is 6.10. The molecule has 4 heteroatoms. The van der Waals surface area contributed by atoms with Crippen LogP contribution in [0.4, 0.5) is 0 Å². The van der Waals surface area contributed by atoms with Crippen LogP contribution in [0.1, 0.15) is 28.4 Å². The van der Waals surface area contributed by atoms with E-state index in [1.165, 1.54) is 25.9 Å². The molecule has 2 aromatic carbocycles. The maximum Gasteiger partial charge on any atom is 0.193 e. The highest BCUT2D eigenvalue weighted by atomic mass is 16.5. The molecule has 0 aliphatic carbocycles. The second-order valence-corrected chi connectivity index (χ2v) is 5.16. The van der Waals surface area contributed by atoms with E-state index >= 15 is 0 Å². The molecular formula is C20H22O4. The monoisotopic (exact) mass is 326 g/mol. The van der Waals surface area contributed by atoms with Gasteiger partial charge < -0.3 is 14.2 Å². The number of allylic oxidation sites excluding steroid dienone is 1. The minimum Gasteiger partial charge on any atom is -0.496 e. The van der Waals surface area contributed by atoms with E-state index < -0.39 is 0 Å². The van der Waals surface area contributed by atoms with E-state index in [1.807, 2.05) is 18.2 Å². The zero-order valence-electron chi connectivity index (χ0n) is 14.5. The predicted molar refractivity (Wildman–Crippen MR) is 95.3 cm³/mol. The number of benzene rings is 2. The van der Waals surface area contributed by atoms with Crippen molar-refractivity contribution in [3.05, 3.63) is 59.2 Å². The van der Waals surface area contributed by atoms with Gasteiger partial charge in [0.05, 0.1) is 21.3 Å². The van der Waals surface area contributed by atoms with Gasteiger partial charge in [-0.1, -0.05) is 19.1 Å². The summed E-state index contributed by atoms with van der Waals surface area (Å²) in [7, 11) is 4.68. The van der Waals surface area contributed by atoms with E-state index in [1.54, 1.807) is 31.4 Å². The van der Waals surface area contributed by atoms with Gasteiger partial charge in [0, 0.05) is 5.56 Å². The number of ketones is 1. The molecule has 0 radical (unpaired) electrons. The number of ether oxygens (including phenoxy) is 3. The molecule has 0 aromatic heterocycles. The van der Waals surface area contributed by atoms with Gasteiger partial charge in [-0.25, -0.2) is 0 Å².